The zero-order valence-corrected chi connectivity index (χ0v) is 13.3. The van der Waals surface area contributed by atoms with Gasteiger partial charge in [0.25, 0.3) is 5.17 Å². The second kappa shape index (κ2) is 6.51. The maximum Gasteiger partial charge on any atom is 0.256 e. The van der Waals surface area contributed by atoms with Gasteiger partial charge in [0, 0.05) is 6.54 Å². The van der Waals surface area contributed by atoms with Crippen LogP contribution in [-0.2, 0) is 14.6 Å². The van der Waals surface area contributed by atoms with Gasteiger partial charge in [-0.25, -0.2) is 8.42 Å². The molecule has 0 aliphatic carbocycles. The number of ether oxygens (including phenoxy) is 1. The Balaban J connectivity index is 2.18. The average Bonchev–Trinajstić information content (AvgIpc) is 2.52. The fraction of sp³-hybridized carbons (Fsp3) is 0.875. The van der Waals surface area contributed by atoms with Gasteiger partial charge >= 0.3 is 0 Å². The summed E-state index contributed by atoms with van der Waals surface area (Å²) in [7, 11) is -2.81. The summed E-state index contributed by atoms with van der Waals surface area (Å²) in [6, 6.07) is 0. The van der Waals surface area contributed by atoms with Crippen LogP contribution in [-0.4, -0.2) is 42.0 Å². The van der Waals surface area contributed by atoms with Crippen LogP contribution in [0.2, 0.25) is 0 Å². The zero-order valence-electron chi connectivity index (χ0n) is 8.49. The van der Waals surface area contributed by atoms with Crippen molar-refractivity contribution in [3.05, 3.63) is 0 Å². The summed E-state index contributed by atoms with van der Waals surface area (Å²) in [5.41, 5.74) is 0. The van der Waals surface area contributed by atoms with Gasteiger partial charge < -0.3 is 10.1 Å². The van der Waals surface area contributed by atoms with Crippen LogP contribution in [0.25, 0.3) is 0 Å². The van der Waals surface area contributed by atoms with Gasteiger partial charge in [0.1, 0.15) is 10.3 Å². The number of sulfone groups is 1. The zero-order chi connectivity index (χ0) is 12.2. The predicted octanol–water partition coefficient (Wildman–Crippen LogP) is 1.43. The molecule has 0 amide bonds. The number of hydrogen-bond donors (Lipinski definition) is 1. The summed E-state index contributed by atoms with van der Waals surface area (Å²) in [6.07, 6.45) is 0.706. The Labute approximate surface area is 118 Å². The van der Waals surface area contributed by atoms with Gasteiger partial charge in [-0.15, -0.1) is 0 Å². The smallest absolute Gasteiger partial charge is 0.256 e. The largest absolute Gasteiger partial charge is 0.469 e. The van der Waals surface area contributed by atoms with Crippen LogP contribution in [0.4, 0.5) is 0 Å². The molecule has 1 rings (SSSR count). The minimum atomic E-state index is -2.81. The van der Waals surface area contributed by atoms with Gasteiger partial charge in [0.2, 0.25) is 0 Å². The third-order valence-corrected chi connectivity index (χ3v) is 4.83. The molecule has 16 heavy (non-hydrogen) atoms. The minimum Gasteiger partial charge on any atom is -0.469 e. The lowest BCUT2D eigenvalue weighted by molar-refractivity contribution is 0.317. The van der Waals surface area contributed by atoms with Crippen LogP contribution in [0.5, 0.6) is 0 Å². The summed E-state index contributed by atoms with van der Waals surface area (Å²) >= 11 is 11.5. The van der Waals surface area contributed by atoms with Crippen molar-refractivity contribution in [1.82, 2.24) is 5.32 Å². The van der Waals surface area contributed by atoms with E-state index in [0.717, 1.165) is 0 Å². The van der Waals surface area contributed by atoms with E-state index in [9.17, 15) is 8.42 Å². The molecule has 0 spiro atoms. The molecule has 94 valence electrons. The standard InChI is InChI=1S/C8H13Br2NO3S2/c9-7(10)4-14-8(15)11-3-6-1-2-16(12,13)5-6/h6-7H,1-5H2,(H,11,15)/t6-/m0/s1. The van der Waals surface area contributed by atoms with Gasteiger partial charge in [-0.2, -0.15) is 0 Å². The molecule has 0 aromatic carbocycles. The molecule has 0 unspecified atom stereocenters. The molecule has 0 aromatic heterocycles. The summed E-state index contributed by atoms with van der Waals surface area (Å²) in [4.78, 5) is 0. The van der Waals surface area contributed by atoms with Crippen LogP contribution in [0.3, 0.4) is 0 Å². The fourth-order valence-corrected chi connectivity index (χ4v) is 3.73. The molecular formula is C8H13Br2NO3S2. The lowest BCUT2D eigenvalue weighted by Gasteiger charge is -2.12. The number of hydrogen-bond acceptors (Lipinski definition) is 4. The molecule has 1 heterocycles. The molecule has 1 aliphatic heterocycles. The van der Waals surface area contributed by atoms with Gasteiger partial charge in [0.15, 0.2) is 9.84 Å². The van der Waals surface area contributed by atoms with Crippen molar-refractivity contribution in [3.63, 3.8) is 0 Å². The molecule has 4 nitrogen and oxygen atoms in total. The number of halogens is 2. The van der Waals surface area contributed by atoms with E-state index in [4.69, 9.17) is 17.0 Å². The van der Waals surface area contributed by atoms with Crippen molar-refractivity contribution in [2.45, 2.75) is 10.2 Å². The first-order valence-electron chi connectivity index (χ1n) is 4.78. The van der Waals surface area contributed by atoms with Crippen molar-refractivity contribution in [1.29, 1.82) is 0 Å². The Bertz CT molecular complexity index is 345. The molecule has 0 bridgehead atoms. The van der Waals surface area contributed by atoms with Crippen LogP contribution in [0.15, 0.2) is 0 Å². The minimum absolute atomic E-state index is 0.0617. The first-order valence-corrected chi connectivity index (χ1v) is 8.84. The number of rotatable bonds is 4. The van der Waals surface area contributed by atoms with Crippen LogP contribution < -0.4 is 5.32 Å². The Hall–Kier alpha value is 0.600. The van der Waals surface area contributed by atoms with Crippen molar-refractivity contribution in [3.8, 4) is 0 Å². The lowest BCUT2D eigenvalue weighted by Crippen LogP contribution is -2.31. The molecule has 0 radical (unpaired) electrons. The summed E-state index contributed by atoms with van der Waals surface area (Å²) < 4.78 is 27.6. The maximum absolute atomic E-state index is 11.2. The number of alkyl halides is 2. The lowest BCUT2D eigenvalue weighted by atomic mass is 10.1. The number of thiocarbonyl (C=S) groups is 1. The maximum atomic E-state index is 11.2. The van der Waals surface area contributed by atoms with E-state index in [2.05, 4.69) is 37.2 Å². The molecule has 1 fully saturated rings. The van der Waals surface area contributed by atoms with E-state index in [1.165, 1.54) is 0 Å². The monoisotopic (exact) mass is 393 g/mol. The van der Waals surface area contributed by atoms with Crippen LogP contribution in [0.1, 0.15) is 6.42 Å². The Morgan fingerprint density at radius 1 is 1.56 bits per heavy atom. The Morgan fingerprint density at radius 3 is 2.75 bits per heavy atom. The molecular weight excluding hydrogens is 382 g/mol. The van der Waals surface area contributed by atoms with Gasteiger partial charge in [0.05, 0.1) is 11.5 Å². The van der Waals surface area contributed by atoms with Gasteiger partial charge in [-0.05, 0) is 24.6 Å². The topological polar surface area (TPSA) is 55.4 Å². The van der Waals surface area contributed by atoms with E-state index in [1.807, 2.05) is 0 Å². The van der Waals surface area contributed by atoms with Crippen LogP contribution >= 0.6 is 44.1 Å². The summed E-state index contributed by atoms with van der Waals surface area (Å²) in [5.74, 6) is 0.690. The molecule has 0 aromatic rings. The summed E-state index contributed by atoms with van der Waals surface area (Å²) in [6.45, 7) is 0.988. The van der Waals surface area contributed by atoms with Crippen LogP contribution in [0, 0.1) is 5.92 Å². The fourth-order valence-electron chi connectivity index (χ4n) is 1.45. The number of nitrogens with one attached hydrogen (secondary N) is 1. The Morgan fingerprint density at radius 2 is 2.25 bits per heavy atom. The first kappa shape index (κ1) is 14.7. The van der Waals surface area contributed by atoms with Crippen molar-refractivity contribution in [2.75, 3.05) is 24.7 Å². The second-order valence-corrected chi connectivity index (χ2v) is 9.68. The van der Waals surface area contributed by atoms with Gasteiger partial charge in [-0.3, -0.25) is 0 Å². The van der Waals surface area contributed by atoms with Crippen molar-refractivity contribution < 1.29 is 13.2 Å². The van der Waals surface area contributed by atoms with E-state index in [-0.39, 0.29) is 21.2 Å². The normalized spacial score (nSPS) is 23.3. The van der Waals surface area contributed by atoms with E-state index in [0.29, 0.717) is 24.7 Å². The van der Waals surface area contributed by atoms with E-state index < -0.39 is 9.84 Å². The summed E-state index contributed by atoms with van der Waals surface area (Å²) in [5, 5.41) is 3.23. The first-order chi connectivity index (χ1) is 7.39. The highest BCUT2D eigenvalue weighted by Crippen LogP contribution is 2.17. The quantitative estimate of drug-likeness (QED) is 0.577. The third kappa shape index (κ3) is 5.79. The predicted molar refractivity (Wildman–Crippen MR) is 75.0 cm³/mol. The molecule has 1 atom stereocenters. The van der Waals surface area contributed by atoms with Gasteiger partial charge in [-0.1, -0.05) is 31.9 Å². The molecule has 1 N–H and O–H groups in total. The molecule has 1 aliphatic rings. The molecule has 0 saturated carbocycles. The molecule has 1 saturated heterocycles. The third-order valence-electron chi connectivity index (χ3n) is 2.20. The highest BCUT2D eigenvalue weighted by Gasteiger charge is 2.27. The highest BCUT2D eigenvalue weighted by molar-refractivity contribution is 9.24. The molecule has 8 heteroatoms. The van der Waals surface area contributed by atoms with E-state index in [1.54, 1.807) is 0 Å². The average molecular weight is 395 g/mol. The second-order valence-electron chi connectivity index (χ2n) is 3.64. The SMILES string of the molecule is O=S1(=O)CC[C@@H](CNC(=S)OCC(Br)Br)C1. The van der Waals surface area contributed by atoms with Crippen molar-refractivity contribution >= 4 is 59.1 Å². The Kier molecular flexibility index (Phi) is 5.97. The van der Waals surface area contributed by atoms with Crippen molar-refractivity contribution in [2.24, 2.45) is 5.92 Å². The highest BCUT2D eigenvalue weighted by atomic mass is 79.9. The van der Waals surface area contributed by atoms with E-state index >= 15 is 0 Å².